The standard InChI is InChI=1S/C23H34N2O4/c1-23(22(27)24-18-9-7-5-4-6-8-10-18)14-13-21(26)25(23)16-17-11-12-19(28-2)15-20(17)29-3/h11-12,15,18H,4-10,13-14,16H2,1-3H3,(H,24,27)/t23-/m1/s1. The van der Waals surface area contributed by atoms with Gasteiger partial charge in [0.15, 0.2) is 0 Å². The van der Waals surface area contributed by atoms with Crippen molar-refractivity contribution < 1.29 is 19.1 Å². The molecule has 1 aromatic rings. The lowest BCUT2D eigenvalue weighted by Crippen LogP contribution is -2.56. The number of hydrogen-bond donors (Lipinski definition) is 1. The van der Waals surface area contributed by atoms with E-state index in [0.717, 1.165) is 31.2 Å². The Balaban J connectivity index is 1.75. The molecule has 1 aromatic carbocycles. The summed E-state index contributed by atoms with van der Waals surface area (Å²) in [6.07, 6.45) is 9.10. The molecule has 6 nitrogen and oxygen atoms in total. The third-order valence-electron chi connectivity index (χ3n) is 6.47. The van der Waals surface area contributed by atoms with Crippen molar-refractivity contribution >= 4 is 11.8 Å². The number of carbonyl (C=O) groups excluding carboxylic acids is 2. The fraction of sp³-hybridized carbons (Fsp3) is 0.652. The lowest BCUT2D eigenvalue weighted by Gasteiger charge is -2.36. The molecule has 1 aliphatic heterocycles. The molecule has 160 valence electrons. The van der Waals surface area contributed by atoms with Crippen molar-refractivity contribution in [2.45, 2.75) is 82.8 Å². The number of methoxy groups -OCH3 is 2. The smallest absolute Gasteiger partial charge is 0.245 e. The third kappa shape index (κ3) is 4.85. The lowest BCUT2D eigenvalue weighted by atomic mass is 9.93. The average Bonchev–Trinajstić information content (AvgIpc) is 2.99. The molecule has 0 spiro atoms. The Hall–Kier alpha value is -2.24. The van der Waals surface area contributed by atoms with Crippen molar-refractivity contribution in [1.82, 2.24) is 10.2 Å². The van der Waals surface area contributed by atoms with Crippen LogP contribution in [-0.2, 0) is 16.1 Å². The predicted molar refractivity (Wildman–Crippen MR) is 112 cm³/mol. The van der Waals surface area contributed by atoms with Crippen LogP contribution in [0.5, 0.6) is 11.5 Å². The summed E-state index contributed by atoms with van der Waals surface area (Å²) in [6, 6.07) is 5.77. The molecular formula is C23H34N2O4. The summed E-state index contributed by atoms with van der Waals surface area (Å²) >= 11 is 0. The van der Waals surface area contributed by atoms with E-state index in [1.165, 1.54) is 19.3 Å². The minimum Gasteiger partial charge on any atom is -0.497 e. The Morgan fingerprint density at radius 1 is 1.14 bits per heavy atom. The number of carbonyl (C=O) groups is 2. The maximum Gasteiger partial charge on any atom is 0.245 e. The molecule has 0 aromatic heterocycles. The van der Waals surface area contributed by atoms with Crippen LogP contribution in [-0.4, -0.2) is 42.5 Å². The molecule has 1 saturated carbocycles. The highest BCUT2D eigenvalue weighted by atomic mass is 16.5. The first-order chi connectivity index (χ1) is 14.0. The van der Waals surface area contributed by atoms with Crippen molar-refractivity contribution in [3.05, 3.63) is 23.8 Å². The number of amides is 2. The molecule has 1 heterocycles. The number of nitrogens with one attached hydrogen (secondary N) is 1. The molecule has 0 radical (unpaired) electrons. The van der Waals surface area contributed by atoms with Crippen LogP contribution in [0.25, 0.3) is 0 Å². The van der Waals surface area contributed by atoms with Crippen LogP contribution in [0.1, 0.15) is 70.3 Å². The van der Waals surface area contributed by atoms with Crippen LogP contribution < -0.4 is 14.8 Å². The van der Waals surface area contributed by atoms with Crippen LogP contribution in [0.15, 0.2) is 18.2 Å². The predicted octanol–water partition coefficient (Wildman–Crippen LogP) is 3.81. The second kappa shape index (κ2) is 9.51. The second-order valence-corrected chi connectivity index (χ2v) is 8.45. The van der Waals surface area contributed by atoms with Crippen molar-refractivity contribution in [1.29, 1.82) is 0 Å². The van der Waals surface area contributed by atoms with Gasteiger partial charge in [-0.25, -0.2) is 0 Å². The van der Waals surface area contributed by atoms with Crippen molar-refractivity contribution in [3.63, 3.8) is 0 Å². The molecular weight excluding hydrogens is 368 g/mol. The first-order valence-electron chi connectivity index (χ1n) is 10.8. The molecule has 6 heteroatoms. The zero-order valence-electron chi connectivity index (χ0n) is 18.0. The van der Waals surface area contributed by atoms with Crippen LogP contribution in [0.4, 0.5) is 0 Å². The van der Waals surface area contributed by atoms with Crippen LogP contribution in [0, 0.1) is 0 Å². The Bertz CT molecular complexity index is 728. The fourth-order valence-corrected chi connectivity index (χ4v) is 4.49. The van der Waals surface area contributed by atoms with E-state index in [-0.39, 0.29) is 17.9 Å². The minimum absolute atomic E-state index is 0.0122. The van der Waals surface area contributed by atoms with Gasteiger partial charge in [0.05, 0.1) is 20.8 Å². The molecule has 1 atom stereocenters. The minimum atomic E-state index is -0.829. The van der Waals surface area contributed by atoms with Gasteiger partial charge in [-0.3, -0.25) is 9.59 Å². The molecule has 1 saturated heterocycles. The Morgan fingerprint density at radius 3 is 2.48 bits per heavy atom. The van der Waals surface area contributed by atoms with E-state index < -0.39 is 5.54 Å². The van der Waals surface area contributed by atoms with E-state index in [1.54, 1.807) is 19.1 Å². The van der Waals surface area contributed by atoms with Crippen LogP contribution in [0.3, 0.4) is 0 Å². The normalized spacial score (nSPS) is 23.4. The van der Waals surface area contributed by atoms with Crippen molar-refractivity contribution in [2.24, 2.45) is 0 Å². The van der Waals surface area contributed by atoms with E-state index in [1.807, 2.05) is 25.1 Å². The molecule has 2 amide bonds. The van der Waals surface area contributed by atoms with Gasteiger partial charge in [-0.1, -0.05) is 32.1 Å². The van der Waals surface area contributed by atoms with E-state index in [2.05, 4.69) is 5.32 Å². The number of hydrogen-bond acceptors (Lipinski definition) is 4. The Morgan fingerprint density at radius 2 is 1.83 bits per heavy atom. The topological polar surface area (TPSA) is 67.9 Å². The highest BCUT2D eigenvalue weighted by Gasteiger charge is 2.47. The summed E-state index contributed by atoms with van der Waals surface area (Å²) in [5.41, 5.74) is 0.0400. The van der Waals surface area contributed by atoms with Gasteiger partial charge < -0.3 is 19.7 Å². The molecule has 1 aliphatic carbocycles. The zero-order valence-corrected chi connectivity index (χ0v) is 18.0. The SMILES string of the molecule is COc1ccc(CN2C(=O)CC[C@]2(C)C(=O)NC2CCCCCCC2)c(OC)c1. The summed E-state index contributed by atoms with van der Waals surface area (Å²) in [4.78, 5) is 27.7. The number of rotatable bonds is 6. The highest BCUT2D eigenvalue weighted by molar-refractivity contribution is 5.94. The molecule has 2 aliphatic rings. The summed E-state index contributed by atoms with van der Waals surface area (Å²) in [5.74, 6) is 1.34. The van der Waals surface area contributed by atoms with E-state index in [0.29, 0.717) is 30.9 Å². The Labute approximate surface area is 173 Å². The second-order valence-electron chi connectivity index (χ2n) is 8.45. The van der Waals surface area contributed by atoms with Gasteiger partial charge in [0.2, 0.25) is 11.8 Å². The van der Waals surface area contributed by atoms with E-state index >= 15 is 0 Å². The molecule has 2 fully saturated rings. The molecule has 0 bridgehead atoms. The van der Waals surface area contributed by atoms with Gasteiger partial charge in [0, 0.05) is 24.1 Å². The summed E-state index contributed by atoms with van der Waals surface area (Å²) < 4.78 is 10.8. The van der Waals surface area contributed by atoms with Gasteiger partial charge in [-0.15, -0.1) is 0 Å². The maximum atomic E-state index is 13.3. The molecule has 1 N–H and O–H groups in total. The van der Waals surface area contributed by atoms with Gasteiger partial charge in [-0.05, 0) is 38.3 Å². The van der Waals surface area contributed by atoms with E-state index in [4.69, 9.17) is 9.47 Å². The monoisotopic (exact) mass is 402 g/mol. The highest BCUT2D eigenvalue weighted by Crippen LogP contribution is 2.35. The van der Waals surface area contributed by atoms with Gasteiger partial charge in [0.25, 0.3) is 0 Å². The molecule has 0 unspecified atom stereocenters. The quantitative estimate of drug-likeness (QED) is 0.786. The van der Waals surface area contributed by atoms with Gasteiger partial charge >= 0.3 is 0 Å². The zero-order chi connectivity index (χ0) is 20.9. The molecule has 29 heavy (non-hydrogen) atoms. The van der Waals surface area contributed by atoms with Gasteiger partial charge in [0.1, 0.15) is 17.0 Å². The number of nitrogens with zero attached hydrogens (tertiary/aromatic N) is 1. The molecule has 3 rings (SSSR count). The maximum absolute atomic E-state index is 13.3. The van der Waals surface area contributed by atoms with Crippen LogP contribution >= 0.6 is 0 Å². The van der Waals surface area contributed by atoms with E-state index in [9.17, 15) is 9.59 Å². The number of likely N-dealkylation sites (tertiary alicyclic amines) is 1. The fourth-order valence-electron chi connectivity index (χ4n) is 4.49. The Kier molecular flexibility index (Phi) is 7.04. The number of ether oxygens (including phenoxy) is 2. The van der Waals surface area contributed by atoms with Gasteiger partial charge in [-0.2, -0.15) is 0 Å². The van der Waals surface area contributed by atoms with Crippen molar-refractivity contribution in [3.8, 4) is 11.5 Å². The third-order valence-corrected chi connectivity index (χ3v) is 6.47. The first kappa shape index (κ1) is 21.5. The van der Waals surface area contributed by atoms with Crippen LogP contribution in [0.2, 0.25) is 0 Å². The summed E-state index contributed by atoms with van der Waals surface area (Å²) in [6.45, 7) is 2.24. The largest absolute Gasteiger partial charge is 0.497 e. The number of benzene rings is 1. The summed E-state index contributed by atoms with van der Waals surface area (Å²) in [7, 11) is 3.21. The first-order valence-corrected chi connectivity index (χ1v) is 10.8. The average molecular weight is 403 g/mol. The lowest BCUT2D eigenvalue weighted by molar-refractivity contribution is -0.141. The van der Waals surface area contributed by atoms with Crippen molar-refractivity contribution in [2.75, 3.05) is 14.2 Å². The summed E-state index contributed by atoms with van der Waals surface area (Å²) in [5, 5.41) is 3.27.